The minimum Gasteiger partial charge on any atom is -0.395 e. The van der Waals surface area contributed by atoms with Crippen molar-refractivity contribution in [1.29, 1.82) is 0 Å². The van der Waals surface area contributed by atoms with Crippen molar-refractivity contribution in [3.63, 3.8) is 0 Å². The Labute approximate surface area is 105 Å². The van der Waals surface area contributed by atoms with E-state index in [-0.39, 0.29) is 0 Å². The maximum Gasteiger partial charge on any atom is 0.541 e. The van der Waals surface area contributed by atoms with Crippen molar-refractivity contribution in [1.82, 2.24) is 0 Å². The molecule has 1 rings (SSSR count). The van der Waals surface area contributed by atoms with Crippen LogP contribution in [0.4, 0.5) is 0 Å². The Morgan fingerprint density at radius 1 is 0.941 bits per heavy atom. The highest BCUT2D eigenvalue weighted by molar-refractivity contribution is 7.29. The molecule has 17 heavy (non-hydrogen) atoms. The molecular weight excluding hydrogens is 260 g/mol. The summed E-state index contributed by atoms with van der Waals surface area (Å²) in [6.45, 7) is 1.87. The van der Waals surface area contributed by atoms with Gasteiger partial charge in [0.1, 0.15) is 0 Å². The first-order valence-corrected chi connectivity index (χ1v) is 10.2. The van der Waals surface area contributed by atoms with E-state index in [4.69, 9.17) is 26.9 Å². The van der Waals surface area contributed by atoms with Crippen molar-refractivity contribution < 1.29 is 26.9 Å². The molecule has 1 saturated heterocycles. The predicted molar refractivity (Wildman–Crippen MR) is 65.5 cm³/mol. The zero-order valence-corrected chi connectivity index (χ0v) is 13.4. The summed E-state index contributed by atoms with van der Waals surface area (Å²) in [5, 5.41) is 0. The van der Waals surface area contributed by atoms with Gasteiger partial charge in [0.05, 0.1) is 0 Å². The van der Waals surface area contributed by atoms with Crippen molar-refractivity contribution >= 4 is 16.4 Å². The Balaban J connectivity index is 3.10. The third-order valence-electron chi connectivity index (χ3n) is 3.35. The van der Waals surface area contributed by atoms with Gasteiger partial charge in [-0.2, -0.15) is 0 Å². The van der Waals surface area contributed by atoms with E-state index in [0.29, 0.717) is 6.42 Å². The normalized spacial score (nSPS) is 31.4. The van der Waals surface area contributed by atoms with Gasteiger partial charge in [-0.05, 0) is 6.92 Å². The van der Waals surface area contributed by atoms with Crippen LogP contribution in [0.5, 0.6) is 0 Å². The van der Waals surface area contributed by atoms with Gasteiger partial charge in [-0.3, -0.25) is 0 Å². The first-order valence-electron chi connectivity index (χ1n) is 5.43. The molecule has 0 radical (unpaired) electrons. The van der Waals surface area contributed by atoms with Crippen LogP contribution in [0.3, 0.4) is 0 Å². The monoisotopic (exact) mass is 282 g/mol. The van der Waals surface area contributed by atoms with Gasteiger partial charge in [0.25, 0.3) is 0 Å². The molecule has 1 unspecified atom stereocenters. The Morgan fingerprint density at radius 3 is 1.82 bits per heavy atom. The van der Waals surface area contributed by atoms with Crippen molar-refractivity contribution in [2.24, 2.45) is 0 Å². The van der Waals surface area contributed by atoms with E-state index < -0.39 is 22.2 Å². The lowest BCUT2D eigenvalue weighted by molar-refractivity contribution is -0.186. The topological polar surface area (TPSA) is 55.4 Å². The van der Waals surface area contributed by atoms with Crippen molar-refractivity contribution in [2.45, 2.75) is 25.2 Å². The second-order valence-corrected chi connectivity index (χ2v) is 13.1. The van der Waals surface area contributed by atoms with Crippen molar-refractivity contribution in [2.75, 3.05) is 35.5 Å². The van der Waals surface area contributed by atoms with E-state index in [1.165, 1.54) is 0 Å². The molecule has 8 heteroatoms. The molecule has 0 spiro atoms. The molecule has 0 aromatic carbocycles. The number of methoxy groups -OCH3 is 1. The summed E-state index contributed by atoms with van der Waals surface area (Å²) >= 11 is 0. The van der Waals surface area contributed by atoms with E-state index in [0.717, 1.165) is 6.04 Å². The summed E-state index contributed by atoms with van der Waals surface area (Å²) < 4.78 is 33.7. The summed E-state index contributed by atoms with van der Waals surface area (Å²) in [6.07, 6.45) is 0.693. The molecule has 0 aliphatic carbocycles. The van der Waals surface area contributed by atoms with Crippen molar-refractivity contribution in [3.8, 4) is 0 Å². The second-order valence-electron chi connectivity index (χ2n) is 4.07. The highest BCUT2D eigenvalue weighted by atomic mass is 29.3. The molecule has 0 aromatic heterocycles. The zero-order valence-electron chi connectivity index (χ0n) is 11.4. The fourth-order valence-corrected chi connectivity index (χ4v) is 11.9. The van der Waals surface area contributed by atoms with Crippen LogP contribution in [-0.4, -0.2) is 57.7 Å². The maximum absolute atomic E-state index is 5.99. The van der Waals surface area contributed by atoms with Gasteiger partial charge in [-0.25, -0.2) is 0 Å². The first-order chi connectivity index (χ1) is 7.97. The average molecular weight is 282 g/mol. The van der Waals surface area contributed by atoms with Gasteiger partial charge in [-0.1, -0.05) is 0 Å². The lowest BCUT2D eigenvalue weighted by Gasteiger charge is -2.48. The van der Waals surface area contributed by atoms with Gasteiger partial charge in [-0.15, -0.1) is 0 Å². The third-order valence-corrected chi connectivity index (χ3v) is 14.6. The van der Waals surface area contributed by atoms with Crippen LogP contribution in [-0.2, 0) is 26.9 Å². The van der Waals surface area contributed by atoms with Crippen LogP contribution in [0.2, 0.25) is 6.04 Å². The van der Waals surface area contributed by atoms with E-state index >= 15 is 0 Å². The second kappa shape index (κ2) is 5.45. The zero-order chi connectivity index (χ0) is 13.2. The standard InChI is InChI=1S/C9H22O6Si2/c1-9(10-2)7-8-16(11-3,12-4)17(13-5,14-6)15-9/h7-8H2,1-6H3. The summed E-state index contributed by atoms with van der Waals surface area (Å²) in [7, 11) is 2.36. The van der Waals surface area contributed by atoms with Gasteiger partial charge in [0.2, 0.25) is 0 Å². The van der Waals surface area contributed by atoms with Crippen LogP contribution in [0.15, 0.2) is 0 Å². The van der Waals surface area contributed by atoms with Gasteiger partial charge < -0.3 is 26.9 Å². The van der Waals surface area contributed by atoms with Gasteiger partial charge >= 0.3 is 16.4 Å². The van der Waals surface area contributed by atoms with E-state index in [1.807, 2.05) is 6.92 Å². The molecular formula is C9H22O6Si2. The van der Waals surface area contributed by atoms with Crippen molar-refractivity contribution in [3.05, 3.63) is 0 Å². The molecule has 0 aromatic rings. The lowest BCUT2D eigenvalue weighted by atomic mass is 10.2. The summed E-state index contributed by atoms with van der Waals surface area (Å²) in [5.41, 5.74) is 0. The van der Waals surface area contributed by atoms with E-state index in [9.17, 15) is 0 Å². The minimum absolute atomic E-state index is 0.693. The molecule has 1 fully saturated rings. The molecule has 1 aliphatic heterocycles. The van der Waals surface area contributed by atoms with Crippen LogP contribution < -0.4 is 0 Å². The predicted octanol–water partition coefficient (Wildman–Crippen LogP) is 0.814. The van der Waals surface area contributed by atoms with E-state index in [1.54, 1.807) is 35.5 Å². The Bertz CT molecular complexity index is 256. The van der Waals surface area contributed by atoms with Gasteiger partial charge in [0, 0.05) is 48.0 Å². The molecule has 102 valence electrons. The maximum atomic E-state index is 5.99. The fourth-order valence-electron chi connectivity index (χ4n) is 2.12. The molecule has 6 nitrogen and oxygen atoms in total. The summed E-state index contributed by atoms with van der Waals surface area (Å²) in [4.78, 5) is 0. The molecule has 0 saturated carbocycles. The first kappa shape index (κ1) is 15.3. The summed E-state index contributed by atoms with van der Waals surface area (Å²) in [5.74, 6) is -0.703. The smallest absolute Gasteiger partial charge is 0.395 e. The molecule has 0 amide bonds. The Kier molecular flexibility index (Phi) is 4.89. The highest BCUT2D eigenvalue weighted by Crippen LogP contribution is 2.40. The van der Waals surface area contributed by atoms with Crippen LogP contribution in [0, 0.1) is 0 Å². The van der Waals surface area contributed by atoms with Crippen LogP contribution in [0.25, 0.3) is 0 Å². The Morgan fingerprint density at radius 2 is 1.47 bits per heavy atom. The average Bonchev–Trinajstić information content (AvgIpc) is 2.39. The largest absolute Gasteiger partial charge is 0.541 e. The Hall–Kier alpha value is 0.194. The lowest BCUT2D eigenvalue weighted by Crippen LogP contribution is -2.75. The fraction of sp³-hybridized carbons (Fsp3) is 1.00. The number of ether oxygens (including phenoxy) is 1. The number of rotatable bonds is 5. The number of hydrogen-bond donors (Lipinski definition) is 0. The van der Waals surface area contributed by atoms with Gasteiger partial charge in [0.15, 0.2) is 5.79 Å². The molecule has 1 aliphatic rings. The molecule has 1 atom stereocenters. The summed E-state index contributed by atoms with van der Waals surface area (Å²) in [6, 6.07) is 0.720. The van der Waals surface area contributed by atoms with Crippen LogP contribution in [0.1, 0.15) is 13.3 Å². The molecule has 0 N–H and O–H groups in total. The van der Waals surface area contributed by atoms with Crippen LogP contribution >= 0.6 is 0 Å². The quantitative estimate of drug-likeness (QED) is 0.696. The third kappa shape index (κ3) is 2.36. The van der Waals surface area contributed by atoms with E-state index in [2.05, 4.69) is 0 Å². The SMILES string of the molecule is COC1(C)CC[Si](OC)(OC)[Si](OC)(OC)O1. The minimum atomic E-state index is -3.00. The number of hydrogen-bond acceptors (Lipinski definition) is 6. The highest BCUT2D eigenvalue weighted by Gasteiger charge is 2.71. The molecule has 1 heterocycles. The molecule has 0 bridgehead atoms.